The minimum Gasteiger partial charge on any atom is -0.394 e. The molecule has 0 heterocycles. The van der Waals surface area contributed by atoms with Crippen LogP contribution < -0.4 is 10.6 Å². The van der Waals surface area contributed by atoms with Crippen molar-refractivity contribution in [2.24, 2.45) is 0 Å². The Bertz CT molecular complexity index is 517. The lowest BCUT2D eigenvalue weighted by atomic mass is 10.1. The van der Waals surface area contributed by atoms with E-state index in [4.69, 9.17) is 5.11 Å². The molecule has 21 heavy (non-hydrogen) atoms. The number of aliphatic hydroxyl groups is 1. The fraction of sp³-hybridized carbons (Fsp3) is 0.500. The van der Waals surface area contributed by atoms with E-state index in [2.05, 4.69) is 5.32 Å². The van der Waals surface area contributed by atoms with Crippen LogP contribution in [0.4, 0.5) is 18.9 Å². The maximum Gasteiger partial charge on any atom is 0.406 e. The molecule has 1 aliphatic rings. The highest BCUT2D eigenvalue weighted by Gasteiger charge is 2.39. The van der Waals surface area contributed by atoms with Gasteiger partial charge < -0.3 is 10.4 Å². The molecular formula is C14H17F3N2O2. The fourth-order valence-electron chi connectivity index (χ4n) is 2.35. The molecule has 4 nitrogen and oxygen atoms in total. The van der Waals surface area contributed by atoms with Crippen LogP contribution >= 0.6 is 0 Å². The van der Waals surface area contributed by atoms with Gasteiger partial charge in [0.1, 0.15) is 6.04 Å². The standard InChI is InChI=1S/C14H17F3N2O2/c15-14(16,17)12(8-20)18-7-13(21)19-11-5-4-9-2-1-3-10(9)6-11/h4-6,12,18,20H,1-3,7-8H2,(H,19,21). The Morgan fingerprint density at radius 2 is 2.00 bits per heavy atom. The second-order valence-electron chi connectivity index (χ2n) is 5.04. The Morgan fingerprint density at radius 1 is 1.29 bits per heavy atom. The zero-order chi connectivity index (χ0) is 15.5. The van der Waals surface area contributed by atoms with Gasteiger partial charge in [-0.15, -0.1) is 0 Å². The van der Waals surface area contributed by atoms with Crippen LogP contribution in [0.1, 0.15) is 17.5 Å². The number of rotatable bonds is 5. The number of aryl methyl sites for hydroxylation is 2. The van der Waals surface area contributed by atoms with Gasteiger partial charge in [-0.2, -0.15) is 13.2 Å². The molecule has 1 aliphatic carbocycles. The number of hydrogen-bond donors (Lipinski definition) is 3. The first-order chi connectivity index (χ1) is 9.90. The monoisotopic (exact) mass is 302 g/mol. The predicted octanol–water partition coefficient (Wildman–Crippen LogP) is 1.63. The van der Waals surface area contributed by atoms with Gasteiger partial charge in [-0.25, -0.2) is 0 Å². The second-order valence-corrected chi connectivity index (χ2v) is 5.04. The van der Waals surface area contributed by atoms with Gasteiger partial charge in [0.15, 0.2) is 0 Å². The molecule has 1 amide bonds. The van der Waals surface area contributed by atoms with Gasteiger partial charge in [-0.05, 0) is 42.5 Å². The van der Waals surface area contributed by atoms with Crippen LogP contribution in [0.3, 0.4) is 0 Å². The van der Waals surface area contributed by atoms with Crippen LogP contribution in [0.5, 0.6) is 0 Å². The summed E-state index contributed by atoms with van der Waals surface area (Å²) in [6, 6.07) is 3.43. The van der Waals surface area contributed by atoms with Crippen LogP contribution in [0, 0.1) is 0 Å². The van der Waals surface area contributed by atoms with Gasteiger partial charge in [0.2, 0.25) is 5.91 Å². The average Bonchev–Trinajstić information content (AvgIpc) is 2.85. The molecule has 2 rings (SSSR count). The topological polar surface area (TPSA) is 61.4 Å². The number of carbonyl (C=O) groups excluding carboxylic acids is 1. The van der Waals surface area contributed by atoms with E-state index in [1.165, 1.54) is 11.1 Å². The van der Waals surface area contributed by atoms with Crippen LogP contribution in [0.15, 0.2) is 18.2 Å². The Hall–Kier alpha value is -1.60. The van der Waals surface area contributed by atoms with Gasteiger partial charge >= 0.3 is 6.18 Å². The second kappa shape index (κ2) is 6.44. The fourth-order valence-corrected chi connectivity index (χ4v) is 2.35. The highest BCUT2D eigenvalue weighted by molar-refractivity contribution is 5.92. The lowest BCUT2D eigenvalue weighted by Crippen LogP contribution is -2.47. The number of aliphatic hydroxyl groups excluding tert-OH is 1. The molecule has 1 aromatic carbocycles. The lowest BCUT2D eigenvalue weighted by molar-refractivity contribution is -0.163. The number of anilines is 1. The zero-order valence-electron chi connectivity index (χ0n) is 11.3. The van der Waals surface area contributed by atoms with Crippen molar-refractivity contribution in [1.29, 1.82) is 0 Å². The number of fused-ring (bicyclic) bond motifs is 1. The van der Waals surface area contributed by atoms with E-state index in [-0.39, 0.29) is 0 Å². The first kappa shape index (κ1) is 15.8. The summed E-state index contributed by atoms with van der Waals surface area (Å²) in [6.07, 6.45) is -1.52. The van der Waals surface area contributed by atoms with Crippen molar-refractivity contribution in [1.82, 2.24) is 5.32 Å². The first-order valence-corrected chi connectivity index (χ1v) is 6.73. The van der Waals surface area contributed by atoms with E-state index >= 15 is 0 Å². The summed E-state index contributed by atoms with van der Waals surface area (Å²) in [4.78, 5) is 11.6. The van der Waals surface area contributed by atoms with E-state index in [1.54, 1.807) is 6.07 Å². The molecule has 0 bridgehead atoms. The number of carbonyl (C=O) groups is 1. The van der Waals surface area contributed by atoms with Crippen molar-refractivity contribution in [3.05, 3.63) is 29.3 Å². The van der Waals surface area contributed by atoms with Crippen molar-refractivity contribution in [3.8, 4) is 0 Å². The highest BCUT2D eigenvalue weighted by atomic mass is 19.4. The lowest BCUT2D eigenvalue weighted by Gasteiger charge is -2.19. The van der Waals surface area contributed by atoms with Crippen molar-refractivity contribution in [2.45, 2.75) is 31.5 Å². The maximum atomic E-state index is 12.4. The van der Waals surface area contributed by atoms with Gasteiger partial charge in [0.25, 0.3) is 0 Å². The number of amides is 1. The quantitative estimate of drug-likeness (QED) is 0.775. The van der Waals surface area contributed by atoms with E-state index < -0.39 is 31.3 Å². The van der Waals surface area contributed by atoms with Gasteiger partial charge in [0, 0.05) is 5.69 Å². The van der Waals surface area contributed by atoms with E-state index in [9.17, 15) is 18.0 Å². The SMILES string of the molecule is O=C(CNC(CO)C(F)(F)F)Nc1ccc2c(c1)CCC2. The molecule has 0 aromatic heterocycles. The molecule has 1 unspecified atom stereocenters. The molecular weight excluding hydrogens is 285 g/mol. The summed E-state index contributed by atoms with van der Waals surface area (Å²) in [5, 5.41) is 13.2. The molecule has 0 radical (unpaired) electrons. The molecule has 3 N–H and O–H groups in total. The highest BCUT2D eigenvalue weighted by Crippen LogP contribution is 2.25. The number of alkyl halides is 3. The minimum absolute atomic E-state index is 0.512. The van der Waals surface area contributed by atoms with E-state index in [1.807, 2.05) is 17.4 Å². The van der Waals surface area contributed by atoms with Gasteiger partial charge in [-0.3, -0.25) is 10.1 Å². The number of benzene rings is 1. The number of nitrogens with one attached hydrogen (secondary N) is 2. The molecule has 1 atom stereocenters. The Labute approximate surface area is 120 Å². The summed E-state index contributed by atoms with van der Waals surface area (Å²) < 4.78 is 37.2. The smallest absolute Gasteiger partial charge is 0.394 e. The summed E-state index contributed by atoms with van der Waals surface area (Å²) in [6.45, 7) is -1.61. The molecule has 0 aliphatic heterocycles. The molecule has 0 saturated carbocycles. The number of halogens is 3. The van der Waals surface area contributed by atoms with Crippen LogP contribution in [-0.4, -0.2) is 36.4 Å². The summed E-state index contributed by atoms with van der Waals surface area (Å²) in [5.74, 6) is -0.573. The summed E-state index contributed by atoms with van der Waals surface area (Å²) in [5.41, 5.74) is 3.00. The Kier molecular flexibility index (Phi) is 4.84. The first-order valence-electron chi connectivity index (χ1n) is 6.73. The molecule has 7 heteroatoms. The summed E-state index contributed by atoms with van der Waals surface area (Å²) >= 11 is 0. The van der Waals surface area contributed by atoms with Crippen LogP contribution in [-0.2, 0) is 17.6 Å². The van der Waals surface area contributed by atoms with Gasteiger partial charge in [0.05, 0.1) is 13.2 Å². The van der Waals surface area contributed by atoms with Crippen molar-refractivity contribution in [2.75, 3.05) is 18.5 Å². The molecule has 0 fully saturated rings. The van der Waals surface area contributed by atoms with Crippen LogP contribution in [0.25, 0.3) is 0 Å². The normalized spacial score (nSPS) is 15.6. The zero-order valence-corrected chi connectivity index (χ0v) is 11.3. The molecule has 0 spiro atoms. The van der Waals surface area contributed by atoms with Gasteiger partial charge in [-0.1, -0.05) is 6.07 Å². The third-order valence-electron chi connectivity index (χ3n) is 3.47. The Morgan fingerprint density at radius 3 is 2.67 bits per heavy atom. The minimum atomic E-state index is -4.58. The number of hydrogen-bond acceptors (Lipinski definition) is 3. The van der Waals surface area contributed by atoms with Crippen LogP contribution in [0.2, 0.25) is 0 Å². The molecule has 116 valence electrons. The van der Waals surface area contributed by atoms with Crippen molar-refractivity contribution >= 4 is 11.6 Å². The predicted molar refractivity (Wildman–Crippen MR) is 72.0 cm³/mol. The third kappa shape index (κ3) is 4.18. The van der Waals surface area contributed by atoms with E-state index in [0.29, 0.717) is 5.69 Å². The third-order valence-corrected chi connectivity index (χ3v) is 3.47. The maximum absolute atomic E-state index is 12.4. The van der Waals surface area contributed by atoms with Crippen molar-refractivity contribution in [3.63, 3.8) is 0 Å². The van der Waals surface area contributed by atoms with Crippen molar-refractivity contribution < 1.29 is 23.1 Å². The summed E-state index contributed by atoms with van der Waals surface area (Å²) in [7, 11) is 0. The average molecular weight is 302 g/mol. The van der Waals surface area contributed by atoms with E-state index in [0.717, 1.165) is 19.3 Å². The largest absolute Gasteiger partial charge is 0.406 e. The molecule has 1 aromatic rings. The molecule has 0 saturated heterocycles. The Balaban J connectivity index is 1.87.